The molecule has 0 radical (unpaired) electrons. The third-order valence-electron chi connectivity index (χ3n) is 1.61. The van der Waals surface area contributed by atoms with Crippen LogP contribution in [0.3, 0.4) is 0 Å². The van der Waals surface area contributed by atoms with Gasteiger partial charge in [-0.2, -0.15) is 0 Å². The van der Waals surface area contributed by atoms with E-state index >= 15 is 0 Å². The van der Waals surface area contributed by atoms with Gasteiger partial charge < -0.3 is 9.84 Å². The van der Waals surface area contributed by atoms with E-state index in [2.05, 4.69) is 5.43 Å². The van der Waals surface area contributed by atoms with Gasteiger partial charge in [0.05, 0.1) is 10.7 Å². The lowest BCUT2D eigenvalue weighted by Crippen LogP contribution is -2.20. The number of phenolic OH excluding ortho intramolecular Hbond substituents is 1. The van der Waals surface area contributed by atoms with E-state index in [0.29, 0.717) is 12.3 Å². The van der Waals surface area contributed by atoms with E-state index in [4.69, 9.17) is 10.6 Å². The van der Waals surface area contributed by atoms with Crippen molar-refractivity contribution in [2.45, 2.75) is 6.54 Å². The number of rotatable bonds is 3. The van der Waals surface area contributed by atoms with Gasteiger partial charge in [0.2, 0.25) is 0 Å². The zero-order chi connectivity index (χ0) is 9.84. The van der Waals surface area contributed by atoms with E-state index in [1.54, 1.807) is 6.07 Å². The second-order valence-corrected chi connectivity index (χ2v) is 3.67. The number of phenols is 1. The second kappa shape index (κ2) is 4.64. The van der Waals surface area contributed by atoms with Crippen LogP contribution in [0.25, 0.3) is 0 Å². The normalized spacial score (nSPS) is 10.1. The summed E-state index contributed by atoms with van der Waals surface area (Å²) in [5.74, 6) is 5.82. The molecule has 0 unspecified atom stereocenters. The molecule has 5 heteroatoms. The molecular formula is C8H11IN2O2. The van der Waals surface area contributed by atoms with E-state index in [9.17, 15) is 5.11 Å². The van der Waals surface area contributed by atoms with Gasteiger partial charge in [0, 0.05) is 6.54 Å². The van der Waals surface area contributed by atoms with Crippen LogP contribution in [-0.2, 0) is 6.54 Å². The molecule has 0 bridgehead atoms. The van der Waals surface area contributed by atoms with Crippen molar-refractivity contribution < 1.29 is 9.84 Å². The Morgan fingerprint density at radius 2 is 2.31 bits per heavy atom. The minimum absolute atomic E-state index is 0.170. The van der Waals surface area contributed by atoms with Crippen LogP contribution in [0.1, 0.15) is 5.56 Å². The Bertz CT molecular complexity index is 304. The molecule has 72 valence electrons. The molecule has 4 N–H and O–H groups in total. The number of hydrogen-bond donors (Lipinski definition) is 3. The van der Waals surface area contributed by atoms with Gasteiger partial charge >= 0.3 is 0 Å². The number of hydrogen-bond acceptors (Lipinski definition) is 4. The minimum atomic E-state index is 0.170. The van der Waals surface area contributed by atoms with Crippen molar-refractivity contribution in [2.75, 3.05) is 7.11 Å². The first-order valence-corrected chi connectivity index (χ1v) is 4.75. The molecule has 0 atom stereocenters. The second-order valence-electron chi connectivity index (χ2n) is 2.51. The van der Waals surface area contributed by atoms with Gasteiger partial charge in [-0.15, -0.1) is 0 Å². The van der Waals surface area contributed by atoms with Crippen molar-refractivity contribution in [3.63, 3.8) is 0 Å². The molecule has 0 aliphatic heterocycles. The van der Waals surface area contributed by atoms with Crippen molar-refractivity contribution in [3.8, 4) is 11.5 Å². The van der Waals surface area contributed by atoms with Gasteiger partial charge in [0.25, 0.3) is 0 Å². The highest BCUT2D eigenvalue weighted by atomic mass is 127. The Kier molecular flexibility index (Phi) is 3.76. The summed E-state index contributed by atoms with van der Waals surface area (Å²) in [6.45, 7) is 0.548. The van der Waals surface area contributed by atoms with Crippen LogP contribution < -0.4 is 16.0 Å². The van der Waals surface area contributed by atoms with Crippen LogP contribution in [0.15, 0.2) is 12.1 Å². The highest BCUT2D eigenvalue weighted by Gasteiger charge is 2.07. The topological polar surface area (TPSA) is 67.5 Å². The van der Waals surface area contributed by atoms with E-state index in [-0.39, 0.29) is 5.75 Å². The summed E-state index contributed by atoms with van der Waals surface area (Å²) in [5, 5.41) is 9.51. The molecule has 0 amide bonds. The van der Waals surface area contributed by atoms with Crippen molar-refractivity contribution in [1.29, 1.82) is 0 Å². The van der Waals surface area contributed by atoms with Gasteiger partial charge in [-0.3, -0.25) is 11.3 Å². The molecule has 0 aliphatic carbocycles. The first kappa shape index (κ1) is 10.6. The number of nitrogens with one attached hydrogen (secondary N) is 1. The van der Waals surface area contributed by atoms with Gasteiger partial charge in [0.15, 0.2) is 11.5 Å². The molecule has 1 rings (SSSR count). The summed E-state index contributed by atoms with van der Waals surface area (Å²) in [4.78, 5) is 0. The van der Waals surface area contributed by atoms with E-state index in [1.807, 2.05) is 28.7 Å². The van der Waals surface area contributed by atoms with E-state index in [0.717, 1.165) is 9.13 Å². The highest BCUT2D eigenvalue weighted by Crippen LogP contribution is 2.32. The summed E-state index contributed by atoms with van der Waals surface area (Å²) in [5.41, 5.74) is 3.52. The number of halogens is 1. The van der Waals surface area contributed by atoms with Crippen LogP contribution in [-0.4, -0.2) is 12.2 Å². The molecule has 4 nitrogen and oxygen atoms in total. The summed E-state index contributed by atoms with van der Waals surface area (Å²) >= 11 is 2.04. The third kappa shape index (κ3) is 2.45. The van der Waals surface area contributed by atoms with Crippen molar-refractivity contribution in [1.82, 2.24) is 5.43 Å². The molecule has 0 fully saturated rings. The Balaban J connectivity index is 3.06. The predicted octanol–water partition coefficient (Wildman–Crippen LogP) is 0.969. The number of aromatic hydroxyl groups is 1. The molecule has 0 spiro atoms. The molecule has 0 saturated carbocycles. The van der Waals surface area contributed by atoms with Crippen LogP contribution in [0.2, 0.25) is 0 Å². The first-order valence-electron chi connectivity index (χ1n) is 3.68. The summed E-state index contributed by atoms with van der Waals surface area (Å²) in [6, 6.07) is 3.59. The van der Waals surface area contributed by atoms with Gasteiger partial charge in [-0.05, 0) is 40.3 Å². The third-order valence-corrected chi connectivity index (χ3v) is 2.44. The summed E-state index contributed by atoms with van der Waals surface area (Å²) < 4.78 is 5.74. The molecule has 0 aliphatic rings. The fourth-order valence-corrected chi connectivity index (χ4v) is 1.67. The van der Waals surface area contributed by atoms with Crippen molar-refractivity contribution in [3.05, 3.63) is 21.3 Å². The zero-order valence-corrected chi connectivity index (χ0v) is 9.33. The fraction of sp³-hybridized carbons (Fsp3) is 0.250. The number of benzene rings is 1. The van der Waals surface area contributed by atoms with Crippen LogP contribution in [0.5, 0.6) is 11.5 Å². The number of hydrazine groups is 1. The Morgan fingerprint density at radius 3 is 2.85 bits per heavy atom. The maximum absolute atomic E-state index is 9.51. The molecule has 13 heavy (non-hydrogen) atoms. The fourth-order valence-electron chi connectivity index (χ4n) is 1.00. The predicted molar refractivity (Wildman–Crippen MR) is 58.4 cm³/mol. The summed E-state index contributed by atoms with van der Waals surface area (Å²) in [7, 11) is 1.52. The lowest BCUT2D eigenvalue weighted by atomic mass is 10.2. The van der Waals surface area contributed by atoms with Gasteiger partial charge in [0.1, 0.15) is 0 Å². The Morgan fingerprint density at radius 1 is 1.62 bits per heavy atom. The quantitative estimate of drug-likeness (QED) is 0.441. The zero-order valence-electron chi connectivity index (χ0n) is 7.17. The maximum Gasteiger partial charge on any atom is 0.171 e. The lowest BCUT2D eigenvalue weighted by Gasteiger charge is -2.08. The highest BCUT2D eigenvalue weighted by molar-refractivity contribution is 14.1. The number of nitrogens with two attached hydrogens (primary N) is 1. The number of ether oxygens (including phenoxy) is 1. The van der Waals surface area contributed by atoms with Crippen LogP contribution in [0.4, 0.5) is 0 Å². The Labute approximate surface area is 90.2 Å². The largest absolute Gasteiger partial charge is 0.504 e. The molecule has 0 heterocycles. The van der Waals surface area contributed by atoms with Crippen molar-refractivity contribution >= 4 is 22.6 Å². The minimum Gasteiger partial charge on any atom is -0.504 e. The lowest BCUT2D eigenvalue weighted by molar-refractivity contribution is 0.371. The van der Waals surface area contributed by atoms with E-state index in [1.165, 1.54) is 7.11 Å². The number of methoxy groups -OCH3 is 1. The SMILES string of the molecule is COc1cc(CNN)cc(I)c1O. The molecule has 1 aromatic rings. The molecule has 0 aromatic heterocycles. The summed E-state index contributed by atoms with van der Waals surface area (Å²) in [6.07, 6.45) is 0. The standard InChI is InChI=1S/C8H11IN2O2/c1-13-7-3-5(4-11-10)2-6(9)8(7)12/h2-3,11-12H,4,10H2,1H3. The molecule has 0 saturated heterocycles. The Hall–Kier alpha value is -0.530. The maximum atomic E-state index is 9.51. The molecular weight excluding hydrogens is 283 g/mol. The van der Waals surface area contributed by atoms with Gasteiger partial charge in [-0.25, -0.2) is 0 Å². The molecule has 1 aromatic carbocycles. The average Bonchev–Trinajstić information content (AvgIpc) is 2.11. The average molecular weight is 294 g/mol. The first-order chi connectivity index (χ1) is 6.19. The smallest absolute Gasteiger partial charge is 0.171 e. The van der Waals surface area contributed by atoms with Crippen LogP contribution >= 0.6 is 22.6 Å². The monoisotopic (exact) mass is 294 g/mol. The van der Waals surface area contributed by atoms with Crippen LogP contribution in [0, 0.1) is 3.57 Å². The van der Waals surface area contributed by atoms with Crippen molar-refractivity contribution in [2.24, 2.45) is 5.84 Å². The van der Waals surface area contributed by atoms with Gasteiger partial charge in [-0.1, -0.05) is 0 Å². The van der Waals surface area contributed by atoms with E-state index < -0.39 is 0 Å².